The summed E-state index contributed by atoms with van der Waals surface area (Å²) < 4.78 is 1.56. The highest BCUT2D eigenvalue weighted by atomic mass is 16.4. The molecular weight excluding hydrogens is 322 g/mol. The van der Waals surface area contributed by atoms with Gasteiger partial charge in [0.05, 0.1) is 5.69 Å². The van der Waals surface area contributed by atoms with Crippen LogP contribution in [0.1, 0.15) is 41.9 Å². The van der Waals surface area contributed by atoms with Gasteiger partial charge >= 0.3 is 5.97 Å². The fraction of sp³-hybridized carbons (Fsp3) is 0.333. The third-order valence-electron chi connectivity index (χ3n) is 3.68. The van der Waals surface area contributed by atoms with Crippen LogP contribution < -0.4 is 10.7 Å². The van der Waals surface area contributed by atoms with Crippen LogP contribution in [0, 0.1) is 6.92 Å². The molecule has 1 heterocycles. The van der Waals surface area contributed by atoms with Crippen LogP contribution in [0.5, 0.6) is 0 Å². The predicted molar refractivity (Wildman–Crippen MR) is 93.0 cm³/mol. The first-order valence-electron chi connectivity index (χ1n) is 8.15. The molecule has 1 aromatic heterocycles. The normalized spacial score (nSPS) is 10.4. The zero-order chi connectivity index (χ0) is 18.2. The maximum atomic E-state index is 12.2. The number of rotatable bonds is 8. The summed E-state index contributed by atoms with van der Waals surface area (Å²) in [6, 6.07) is 10.7. The quantitative estimate of drug-likeness (QED) is 0.713. The van der Waals surface area contributed by atoms with Crippen LogP contribution in [-0.2, 0) is 4.79 Å². The number of hydrogen-bond donors (Lipinski definition) is 2. The number of carboxylic acid groups (broad SMARTS) is 1. The van der Waals surface area contributed by atoms with Crippen LogP contribution in [0.4, 0.5) is 0 Å². The van der Waals surface area contributed by atoms with E-state index in [1.165, 1.54) is 6.07 Å². The predicted octanol–water partition coefficient (Wildman–Crippen LogP) is 1.92. The fourth-order valence-corrected chi connectivity index (χ4v) is 2.40. The fourth-order valence-electron chi connectivity index (χ4n) is 2.40. The van der Waals surface area contributed by atoms with Crippen molar-refractivity contribution in [3.05, 3.63) is 58.0 Å². The summed E-state index contributed by atoms with van der Waals surface area (Å²) in [7, 11) is 0. The molecule has 0 fully saturated rings. The van der Waals surface area contributed by atoms with Gasteiger partial charge in [-0.25, -0.2) is 4.68 Å². The molecule has 2 N–H and O–H groups in total. The molecule has 0 spiro atoms. The molecule has 0 atom stereocenters. The van der Waals surface area contributed by atoms with Gasteiger partial charge in [-0.2, -0.15) is 5.10 Å². The van der Waals surface area contributed by atoms with E-state index in [0.717, 1.165) is 5.69 Å². The second-order valence-corrected chi connectivity index (χ2v) is 5.71. The first-order chi connectivity index (χ1) is 12.0. The number of unbranched alkanes of at least 4 members (excludes halogenated alkanes) is 2. The van der Waals surface area contributed by atoms with Crippen LogP contribution in [0.3, 0.4) is 0 Å². The van der Waals surface area contributed by atoms with Gasteiger partial charge < -0.3 is 10.4 Å². The van der Waals surface area contributed by atoms with Gasteiger partial charge in [0.2, 0.25) is 5.43 Å². The van der Waals surface area contributed by atoms with Gasteiger partial charge in [-0.1, -0.05) is 24.6 Å². The average molecular weight is 343 g/mol. The SMILES string of the molecule is Cc1cc(=O)c(C(=O)NCCCCCC(=O)O)nn1-c1ccccc1. The molecule has 1 aromatic carbocycles. The summed E-state index contributed by atoms with van der Waals surface area (Å²) in [5, 5.41) is 15.4. The number of nitrogens with one attached hydrogen (secondary N) is 1. The molecule has 2 rings (SSSR count). The van der Waals surface area contributed by atoms with Gasteiger partial charge in [0.1, 0.15) is 0 Å². The molecule has 0 bridgehead atoms. The first kappa shape index (κ1) is 18.4. The first-order valence-corrected chi connectivity index (χ1v) is 8.15. The number of benzene rings is 1. The lowest BCUT2D eigenvalue weighted by molar-refractivity contribution is -0.137. The van der Waals surface area contributed by atoms with Crippen molar-refractivity contribution in [3.8, 4) is 5.69 Å². The maximum Gasteiger partial charge on any atom is 0.303 e. The lowest BCUT2D eigenvalue weighted by Crippen LogP contribution is -2.32. The minimum absolute atomic E-state index is 0.120. The van der Waals surface area contributed by atoms with Crippen LogP contribution in [0.25, 0.3) is 5.69 Å². The summed E-state index contributed by atoms with van der Waals surface area (Å²) >= 11 is 0. The molecule has 0 radical (unpaired) electrons. The van der Waals surface area contributed by atoms with E-state index in [1.54, 1.807) is 11.6 Å². The Balaban J connectivity index is 2.02. The van der Waals surface area contributed by atoms with E-state index in [9.17, 15) is 14.4 Å². The molecule has 0 saturated carbocycles. The molecule has 0 aliphatic carbocycles. The second kappa shape index (κ2) is 8.77. The smallest absolute Gasteiger partial charge is 0.303 e. The molecular formula is C18H21N3O4. The molecule has 0 aliphatic rings. The largest absolute Gasteiger partial charge is 0.481 e. The van der Waals surface area contributed by atoms with Gasteiger partial charge in [0, 0.05) is 24.7 Å². The summed E-state index contributed by atoms with van der Waals surface area (Å²) in [5.41, 5.74) is 0.831. The van der Waals surface area contributed by atoms with E-state index < -0.39 is 17.3 Å². The van der Waals surface area contributed by atoms with Gasteiger partial charge in [0.15, 0.2) is 5.69 Å². The van der Waals surface area contributed by atoms with Crippen LogP contribution >= 0.6 is 0 Å². The van der Waals surface area contributed by atoms with Crippen LogP contribution in [0.2, 0.25) is 0 Å². The van der Waals surface area contributed by atoms with Crippen molar-refractivity contribution < 1.29 is 14.7 Å². The number of aliphatic carboxylic acids is 1. The lowest BCUT2D eigenvalue weighted by atomic mass is 10.2. The summed E-state index contributed by atoms with van der Waals surface area (Å²) in [5.74, 6) is -1.35. The Bertz CT molecular complexity index is 800. The molecule has 7 nitrogen and oxygen atoms in total. The van der Waals surface area contributed by atoms with Crippen molar-refractivity contribution in [1.29, 1.82) is 0 Å². The summed E-state index contributed by atoms with van der Waals surface area (Å²) in [4.78, 5) is 34.7. The number of nitrogens with zero attached hydrogens (tertiary/aromatic N) is 2. The van der Waals surface area contributed by atoms with Crippen molar-refractivity contribution >= 4 is 11.9 Å². The Morgan fingerprint density at radius 2 is 1.88 bits per heavy atom. The maximum absolute atomic E-state index is 12.2. The molecule has 0 unspecified atom stereocenters. The number of aryl methyl sites for hydroxylation is 1. The minimum atomic E-state index is -0.825. The van der Waals surface area contributed by atoms with Crippen LogP contribution in [0.15, 0.2) is 41.2 Å². The molecule has 25 heavy (non-hydrogen) atoms. The highest BCUT2D eigenvalue weighted by molar-refractivity contribution is 5.92. The highest BCUT2D eigenvalue weighted by Gasteiger charge is 2.14. The van der Waals surface area contributed by atoms with E-state index in [4.69, 9.17) is 5.11 Å². The third kappa shape index (κ3) is 5.27. The van der Waals surface area contributed by atoms with Gasteiger partial charge in [-0.3, -0.25) is 14.4 Å². The van der Waals surface area contributed by atoms with Crippen molar-refractivity contribution in [1.82, 2.24) is 15.1 Å². The van der Waals surface area contributed by atoms with Gasteiger partial charge in [0.25, 0.3) is 5.91 Å². The van der Waals surface area contributed by atoms with Crippen molar-refractivity contribution in [2.75, 3.05) is 6.54 Å². The van der Waals surface area contributed by atoms with E-state index >= 15 is 0 Å². The highest BCUT2D eigenvalue weighted by Crippen LogP contribution is 2.07. The zero-order valence-electron chi connectivity index (χ0n) is 14.1. The van der Waals surface area contributed by atoms with Gasteiger partial charge in [-0.05, 0) is 31.9 Å². The molecule has 2 aromatic rings. The van der Waals surface area contributed by atoms with E-state index in [0.29, 0.717) is 31.5 Å². The Labute approximate surface area is 145 Å². The number of aromatic nitrogens is 2. The molecule has 0 saturated heterocycles. The van der Waals surface area contributed by atoms with Crippen LogP contribution in [-0.4, -0.2) is 33.3 Å². The summed E-state index contributed by atoms with van der Waals surface area (Å²) in [6.07, 6.45) is 2.03. The van der Waals surface area contributed by atoms with Gasteiger partial charge in [-0.15, -0.1) is 0 Å². The second-order valence-electron chi connectivity index (χ2n) is 5.71. The number of para-hydroxylation sites is 1. The number of carboxylic acids is 1. The zero-order valence-corrected chi connectivity index (χ0v) is 14.1. The van der Waals surface area contributed by atoms with E-state index in [1.807, 2.05) is 30.3 Å². The molecule has 1 amide bonds. The topological polar surface area (TPSA) is 101 Å². The Kier molecular flexibility index (Phi) is 6.45. The lowest BCUT2D eigenvalue weighted by Gasteiger charge is -2.11. The number of carbonyl (C=O) groups excluding carboxylic acids is 1. The summed E-state index contributed by atoms with van der Waals surface area (Å²) in [6.45, 7) is 2.13. The third-order valence-corrected chi connectivity index (χ3v) is 3.68. The Hall–Kier alpha value is -2.96. The Morgan fingerprint density at radius 3 is 2.56 bits per heavy atom. The number of hydrogen-bond acceptors (Lipinski definition) is 4. The van der Waals surface area contributed by atoms with E-state index in [2.05, 4.69) is 10.4 Å². The minimum Gasteiger partial charge on any atom is -0.481 e. The standard InChI is InChI=1S/C18H21N3O4/c1-13-12-15(22)17(20-21(13)14-8-4-2-5-9-14)18(25)19-11-7-3-6-10-16(23)24/h2,4-5,8-9,12H,3,6-7,10-11H2,1H3,(H,19,25)(H,23,24). The molecule has 0 aliphatic heterocycles. The van der Waals surface area contributed by atoms with E-state index in [-0.39, 0.29) is 12.1 Å². The molecule has 7 heteroatoms. The van der Waals surface area contributed by atoms with Crippen molar-refractivity contribution in [3.63, 3.8) is 0 Å². The monoisotopic (exact) mass is 343 g/mol. The van der Waals surface area contributed by atoms with Crippen molar-refractivity contribution in [2.45, 2.75) is 32.6 Å². The Morgan fingerprint density at radius 1 is 1.16 bits per heavy atom. The number of carbonyl (C=O) groups is 2. The number of amides is 1. The van der Waals surface area contributed by atoms with Crippen molar-refractivity contribution in [2.24, 2.45) is 0 Å². The average Bonchev–Trinajstić information content (AvgIpc) is 2.58. The molecule has 132 valence electrons.